The highest BCUT2D eigenvalue weighted by Crippen LogP contribution is 2.47. The number of thiazole rings is 1. The number of allylic oxidation sites excluding steroid dienone is 2. The minimum atomic E-state index is 0.881. The molecule has 1 aliphatic rings. The molecule has 0 aliphatic carbocycles. The van der Waals surface area contributed by atoms with Crippen molar-refractivity contribution in [1.29, 1.82) is 0 Å². The highest BCUT2D eigenvalue weighted by atomic mass is 32.2. The third kappa shape index (κ3) is 4.42. The molecule has 190 valence electrons. The van der Waals surface area contributed by atoms with Gasteiger partial charge < -0.3 is 13.7 Å². The lowest BCUT2D eigenvalue weighted by Gasteiger charge is -2.15. The Hall–Kier alpha value is -4.26. The van der Waals surface area contributed by atoms with Gasteiger partial charge in [-0.05, 0) is 71.8 Å². The van der Waals surface area contributed by atoms with Crippen LogP contribution in [-0.4, -0.2) is 7.05 Å². The summed E-state index contributed by atoms with van der Waals surface area (Å²) in [6.45, 7) is 0. The van der Waals surface area contributed by atoms with Crippen LogP contribution in [0.2, 0.25) is 0 Å². The van der Waals surface area contributed by atoms with Crippen molar-refractivity contribution >= 4 is 50.7 Å². The van der Waals surface area contributed by atoms with Gasteiger partial charge in [-0.3, -0.25) is 0 Å². The zero-order chi connectivity index (χ0) is 26.3. The molecule has 0 amide bonds. The molecule has 0 N–H and O–H groups in total. The summed E-state index contributed by atoms with van der Waals surface area (Å²) in [5.74, 6) is 1.76. The van der Waals surface area contributed by atoms with Gasteiger partial charge in [-0.2, -0.15) is 4.57 Å². The maximum atomic E-state index is 5.64. The predicted molar refractivity (Wildman–Crippen MR) is 162 cm³/mol. The topological polar surface area (TPSA) is 33.4 Å². The van der Waals surface area contributed by atoms with Crippen molar-refractivity contribution < 1.29 is 13.4 Å². The largest absolute Gasteiger partial charge is 0.464 e. The maximum Gasteiger partial charge on any atom is 0.263 e. The van der Waals surface area contributed by atoms with Gasteiger partial charge >= 0.3 is 0 Å². The number of furan rings is 2. The van der Waals surface area contributed by atoms with Gasteiger partial charge in [0.15, 0.2) is 0 Å². The van der Waals surface area contributed by atoms with Crippen LogP contribution >= 0.6 is 23.1 Å². The SMILES string of the molecule is CN1C(=CC(=Cc2sc3ccc(-c4ccco4)cc3[n+]2C)c2ccccc2)Sc2ccc(-c3ccco3)cc21. The molecule has 7 rings (SSSR count). The number of hydrogen-bond donors (Lipinski definition) is 0. The van der Waals surface area contributed by atoms with Crippen molar-refractivity contribution in [2.45, 2.75) is 4.90 Å². The lowest BCUT2D eigenvalue weighted by atomic mass is 10.1. The molecule has 0 fully saturated rings. The van der Waals surface area contributed by atoms with E-state index in [1.165, 1.54) is 36.4 Å². The quantitative estimate of drug-likeness (QED) is 0.203. The second kappa shape index (κ2) is 9.80. The van der Waals surface area contributed by atoms with Crippen LogP contribution < -0.4 is 9.47 Å². The van der Waals surface area contributed by atoms with E-state index in [0.29, 0.717) is 0 Å². The molecule has 0 spiro atoms. The summed E-state index contributed by atoms with van der Waals surface area (Å²) in [5, 5.41) is 2.36. The van der Waals surface area contributed by atoms with Gasteiger partial charge in [-0.1, -0.05) is 53.4 Å². The van der Waals surface area contributed by atoms with Crippen molar-refractivity contribution in [1.82, 2.24) is 0 Å². The summed E-state index contributed by atoms with van der Waals surface area (Å²) in [6, 6.07) is 31.5. The van der Waals surface area contributed by atoms with Gasteiger partial charge in [0.25, 0.3) is 5.01 Å². The smallest absolute Gasteiger partial charge is 0.263 e. The molecule has 3 aromatic carbocycles. The third-order valence-corrected chi connectivity index (χ3v) is 9.34. The Bertz CT molecular complexity index is 1850. The second-order valence-electron chi connectivity index (χ2n) is 9.43. The first-order valence-electron chi connectivity index (χ1n) is 12.7. The second-order valence-corrected chi connectivity index (χ2v) is 11.6. The van der Waals surface area contributed by atoms with E-state index >= 15 is 0 Å². The van der Waals surface area contributed by atoms with Gasteiger partial charge in [0.1, 0.15) is 23.3 Å². The molecule has 39 heavy (non-hydrogen) atoms. The van der Waals surface area contributed by atoms with Gasteiger partial charge in [0.05, 0.1) is 23.2 Å². The third-order valence-electron chi connectivity index (χ3n) is 7.01. The molecule has 6 aromatic rings. The summed E-state index contributed by atoms with van der Waals surface area (Å²) in [4.78, 5) is 3.51. The molecule has 4 nitrogen and oxygen atoms in total. The zero-order valence-corrected chi connectivity index (χ0v) is 23.1. The van der Waals surface area contributed by atoms with E-state index in [1.807, 2.05) is 24.3 Å². The monoisotopic (exact) mass is 545 g/mol. The van der Waals surface area contributed by atoms with Crippen molar-refractivity contribution in [3.63, 3.8) is 0 Å². The van der Waals surface area contributed by atoms with E-state index in [4.69, 9.17) is 8.83 Å². The van der Waals surface area contributed by atoms with Crippen LogP contribution in [0.1, 0.15) is 10.6 Å². The Morgan fingerprint density at radius 2 is 1.54 bits per heavy atom. The number of hydrogen-bond acceptors (Lipinski definition) is 5. The number of thioether (sulfide) groups is 1. The highest BCUT2D eigenvalue weighted by Gasteiger charge is 2.24. The average Bonchev–Trinajstić information content (AvgIpc) is 3.78. The van der Waals surface area contributed by atoms with E-state index in [1.54, 1.807) is 35.6 Å². The number of benzene rings is 3. The molecule has 0 bridgehead atoms. The lowest BCUT2D eigenvalue weighted by molar-refractivity contribution is -0.642. The number of anilines is 1. The molecule has 1 aliphatic heterocycles. The zero-order valence-electron chi connectivity index (χ0n) is 21.5. The number of fused-ring (bicyclic) bond motifs is 2. The first kappa shape index (κ1) is 23.8. The standard InChI is InChI=1S/C33H25N2O2S2/c1-34-26-18-23(28-10-6-16-36-28)12-14-30(26)38-32(34)20-25(22-8-4-3-5-9-22)21-33-35(2)27-19-24(13-15-31(27)39-33)29-11-7-17-37-29/h3-21H,1-2H3/q+1. The van der Waals surface area contributed by atoms with Gasteiger partial charge in [0, 0.05) is 35.2 Å². The van der Waals surface area contributed by atoms with Gasteiger partial charge in [0.2, 0.25) is 5.52 Å². The Labute approximate surface area is 235 Å². The number of aryl methyl sites for hydroxylation is 1. The fourth-order valence-electron chi connectivity index (χ4n) is 4.88. The van der Waals surface area contributed by atoms with E-state index in [9.17, 15) is 0 Å². The van der Waals surface area contributed by atoms with Gasteiger partial charge in [-0.15, -0.1) is 0 Å². The number of aromatic nitrogens is 1. The Balaban J connectivity index is 1.29. The summed E-state index contributed by atoms with van der Waals surface area (Å²) in [7, 11) is 4.27. The Kier molecular flexibility index (Phi) is 5.99. The van der Waals surface area contributed by atoms with Gasteiger partial charge in [-0.25, -0.2) is 0 Å². The van der Waals surface area contributed by atoms with Crippen LogP contribution in [0, 0.1) is 0 Å². The van der Waals surface area contributed by atoms with Crippen LogP contribution in [-0.2, 0) is 7.05 Å². The van der Waals surface area contributed by atoms with Crippen molar-refractivity contribution in [3.05, 3.63) is 125 Å². The Morgan fingerprint density at radius 1 is 0.821 bits per heavy atom. The normalized spacial score (nSPS) is 14.5. The van der Waals surface area contributed by atoms with E-state index in [-0.39, 0.29) is 0 Å². The first-order chi connectivity index (χ1) is 19.1. The van der Waals surface area contributed by atoms with Crippen LogP contribution in [0.3, 0.4) is 0 Å². The van der Waals surface area contributed by atoms with Crippen molar-refractivity contribution in [3.8, 4) is 22.6 Å². The lowest BCUT2D eigenvalue weighted by Crippen LogP contribution is -2.29. The van der Waals surface area contributed by atoms with Crippen molar-refractivity contribution in [2.24, 2.45) is 7.05 Å². The molecule has 0 atom stereocenters. The summed E-state index contributed by atoms with van der Waals surface area (Å²) in [5.41, 5.74) is 6.88. The highest BCUT2D eigenvalue weighted by molar-refractivity contribution is 8.03. The molecular weight excluding hydrogens is 521 g/mol. The summed E-state index contributed by atoms with van der Waals surface area (Å²) < 4.78 is 14.8. The van der Waals surface area contributed by atoms with Crippen LogP contribution in [0.15, 0.2) is 128 Å². The number of rotatable bonds is 5. The van der Waals surface area contributed by atoms with E-state index in [0.717, 1.165) is 28.2 Å². The average molecular weight is 546 g/mol. The predicted octanol–water partition coefficient (Wildman–Crippen LogP) is 8.87. The molecule has 6 heteroatoms. The summed E-state index contributed by atoms with van der Waals surface area (Å²) in [6.07, 6.45) is 8.03. The summed E-state index contributed by atoms with van der Waals surface area (Å²) >= 11 is 3.59. The molecule has 0 saturated heterocycles. The fourth-order valence-corrected chi connectivity index (χ4v) is 7.05. The minimum Gasteiger partial charge on any atom is -0.464 e. The first-order valence-corrected chi connectivity index (χ1v) is 14.3. The minimum absolute atomic E-state index is 0.881. The van der Waals surface area contributed by atoms with Crippen LogP contribution in [0.25, 0.3) is 44.5 Å². The molecule has 0 saturated carbocycles. The molecule has 3 aromatic heterocycles. The molecular formula is C33H25N2O2S2+. The van der Waals surface area contributed by atoms with Crippen LogP contribution in [0.4, 0.5) is 5.69 Å². The molecule has 0 radical (unpaired) electrons. The Morgan fingerprint density at radius 3 is 2.26 bits per heavy atom. The van der Waals surface area contributed by atoms with E-state index < -0.39 is 0 Å². The molecule has 0 unspecified atom stereocenters. The van der Waals surface area contributed by atoms with Crippen molar-refractivity contribution in [2.75, 3.05) is 11.9 Å². The fraction of sp³-hybridized carbons (Fsp3) is 0.0606. The molecule has 4 heterocycles. The number of nitrogens with zero attached hydrogens (tertiary/aromatic N) is 2. The maximum absolute atomic E-state index is 5.64. The van der Waals surface area contributed by atoms with Crippen LogP contribution in [0.5, 0.6) is 0 Å². The van der Waals surface area contributed by atoms with E-state index in [2.05, 4.69) is 102 Å².